The lowest BCUT2D eigenvalue weighted by Gasteiger charge is -2.35. The van der Waals surface area contributed by atoms with Gasteiger partial charge in [-0.3, -0.25) is 14.5 Å². The highest BCUT2D eigenvalue weighted by Crippen LogP contribution is 2.27. The minimum Gasteiger partial charge on any atom is -0.279 e. The first-order valence-electron chi connectivity index (χ1n) is 8.23. The third-order valence-corrected chi connectivity index (χ3v) is 6.89. The van der Waals surface area contributed by atoms with Gasteiger partial charge in [-0.25, -0.2) is 8.42 Å². The smallest absolute Gasteiger partial charge is 0.243 e. The first-order valence-corrected chi connectivity index (χ1v) is 9.67. The van der Waals surface area contributed by atoms with Gasteiger partial charge < -0.3 is 0 Å². The Balaban J connectivity index is 1.72. The molecule has 2 amide bonds. The Morgan fingerprint density at radius 2 is 1.54 bits per heavy atom. The summed E-state index contributed by atoms with van der Waals surface area (Å²) in [4.78, 5) is 25.3. The maximum Gasteiger partial charge on any atom is 0.243 e. The van der Waals surface area contributed by atoms with Crippen molar-refractivity contribution in [2.45, 2.75) is 50.5 Å². The van der Waals surface area contributed by atoms with Crippen LogP contribution < -0.4 is 0 Å². The molecule has 130 valence electrons. The van der Waals surface area contributed by atoms with Crippen molar-refractivity contribution in [3.05, 3.63) is 29.3 Å². The molecule has 2 saturated heterocycles. The van der Waals surface area contributed by atoms with Crippen molar-refractivity contribution in [3.63, 3.8) is 0 Å². The van der Waals surface area contributed by atoms with E-state index in [9.17, 15) is 18.0 Å². The second-order valence-corrected chi connectivity index (χ2v) is 8.48. The van der Waals surface area contributed by atoms with E-state index >= 15 is 0 Å². The molecule has 6 nitrogen and oxygen atoms in total. The molecule has 2 aliphatic heterocycles. The summed E-state index contributed by atoms with van der Waals surface area (Å²) < 4.78 is 27.0. The highest BCUT2D eigenvalue weighted by atomic mass is 32.2. The number of carbonyl (C=O) groups is 2. The summed E-state index contributed by atoms with van der Waals surface area (Å²) in [5, 5.41) is 0. The van der Waals surface area contributed by atoms with Gasteiger partial charge in [-0.1, -0.05) is 6.07 Å². The molecular formula is C17H22N2O4S. The topological polar surface area (TPSA) is 74.8 Å². The fraction of sp³-hybridized carbons (Fsp3) is 0.529. The third-order valence-electron chi connectivity index (χ3n) is 4.99. The number of piperidine rings is 1. The molecule has 1 aromatic rings. The number of sulfonamides is 1. The van der Waals surface area contributed by atoms with E-state index in [1.165, 1.54) is 9.21 Å². The molecule has 2 heterocycles. The van der Waals surface area contributed by atoms with Crippen LogP contribution in [0.25, 0.3) is 0 Å². The summed E-state index contributed by atoms with van der Waals surface area (Å²) in [7, 11) is -3.53. The van der Waals surface area contributed by atoms with Crippen molar-refractivity contribution in [1.82, 2.24) is 9.21 Å². The summed E-state index contributed by atoms with van der Waals surface area (Å²) in [6.07, 6.45) is 1.56. The fourth-order valence-electron chi connectivity index (χ4n) is 3.37. The third kappa shape index (κ3) is 2.98. The molecule has 0 saturated carbocycles. The predicted molar refractivity (Wildman–Crippen MR) is 88.8 cm³/mol. The second-order valence-electron chi connectivity index (χ2n) is 6.54. The van der Waals surface area contributed by atoms with Crippen LogP contribution in [0.3, 0.4) is 0 Å². The molecule has 0 spiro atoms. The van der Waals surface area contributed by atoms with Crippen LogP contribution in [0.4, 0.5) is 0 Å². The van der Waals surface area contributed by atoms with Gasteiger partial charge in [0.25, 0.3) is 0 Å². The Morgan fingerprint density at radius 3 is 2.08 bits per heavy atom. The molecule has 2 fully saturated rings. The Labute approximate surface area is 142 Å². The number of amides is 2. The van der Waals surface area contributed by atoms with Crippen LogP contribution >= 0.6 is 0 Å². The van der Waals surface area contributed by atoms with Gasteiger partial charge >= 0.3 is 0 Å². The highest BCUT2D eigenvalue weighted by Gasteiger charge is 2.38. The monoisotopic (exact) mass is 350 g/mol. The van der Waals surface area contributed by atoms with Crippen molar-refractivity contribution < 1.29 is 18.0 Å². The molecule has 0 radical (unpaired) electrons. The van der Waals surface area contributed by atoms with E-state index < -0.39 is 10.0 Å². The number of carbonyl (C=O) groups excluding carboxylic acids is 2. The first-order chi connectivity index (χ1) is 11.3. The standard InChI is InChI=1S/C17H22N2O4S/c1-12-3-4-15(11-13(12)2)24(22,23)18-9-7-14(8-10-18)19-16(20)5-6-17(19)21/h3-4,11,14H,5-10H2,1-2H3. The average Bonchev–Trinajstić information content (AvgIpc) is 2.89. The summed E-state index contributed by atoms with van der Waals surface area (Å²) in [6.45, 7) is 4.50. The lowest BCUT2D eigenvalue weighted by molar-refractivity contribution is -0.141. The Morgan fingerprint density at radius 1 is 0.958 bits per heavy atom. The van der Waals surface area contributed by atoms with E-state index in [0.717, 1.165) is 11.1 Å². The summed E-state index contributed by atoms with van der Waals surface area (Å²) in [5.41, 5.74) is 2.00. The molecule has 0 aromatic heterocycles. The lowest BCUT2D eigenvalue weighted by Crippen LogP contribution is -2.48. The van der Waals surface area contributed by atoms with E-state index in [4.69, 9.17) is 0 Å². The Kier molecular flexibility index (Phi) is 4.48. The summed E-state index contributed by atoms with van der Waals surface area (Å²) in [6, 6.07) is 4.98. The molecule has 0 aliphatic carbocycles. The predicted octanol–water partition coefficient (Wildman–Crippen LogP) is 1.61. The number of nitrogens with zero attached hydrogens (tertiary/aromatic N) is 2. The number of rotatable bonds is 3. The minimum atomic E-state index is -3.53. The number of hydrogen-bond donors (Lipinski definition) is 0. The SMILES string of the molecule is Cc1ccc(S(=O)(=O)N2CCC(N3C(=O)CCC3=O)CC2)cc1C. The normalized spacial score (nSPS) is 20.8. The van der Waals surface area contributed by atoms with Gasteiger partial charge in [-0.2, -0.15) is 4.31 Å². The van der Waals surface area contributed by atoms with E-state index in [1.807, 2.05) is 19.9 Å². The number of benzene rings is 1. The average molecular weight is 350 g/mol. The first kappa shape index (κ1) is 17.1. The van der Waals surface area contributed by atoms with E-state index in [-0.39, 0.29) is 30.7 Å². The second kappa shape index (κ2) is 6.29. The molecule has 3 rings (SSSR count). The summed E-state index contributed by atoms with van der Waals surface area (Å²) >= 11 is 0. The van der Waals surface area contributed by atoms with Crippen molar-refractivity contribution >= 4 is 21.8 Å². The molecule has 0 bridgehead atoms. The number of likely N-dealkylation sites (tertiary alicyclic amines) is 1. The van der Waals surface area contributed by atoms with Crippen molar-refractivity contribution in [2.24, 2.45) is 0 Å². The highest BCUT2D eigenvalue weighted by molar-refractivity contribution is 7.89. The van der Waals surface area contributed by atoms with Gasteiger partial charge in [0.2, 0.25) is 21.8 Å². The Bertz CT molecular complexity index is 764. The van der Waals surface area contributed by atoms with Crippen molar-refractivity contribution in [2.75, 3.05) is 13.1 Å². The molecule has 0 unspecified atom stereocenters. The number of aryl methyl sites for hydroxylation is 2. The zero-order valence-corrected chi connectivity index (χ0v) is 14.8. The number of hydrogen-bond acceptors (Lipinski definition) is 4. The molecule has 2 aliphatic rings. The Hall–Kier alpha value is -1.73. The van der Waals surface area contributed by atoms with E-state index in [2.05, 4.69) is 0 Å². The van der Waals surface area contributed by atoms with Crippen molar-refractivity contribution in [3.8, 4) is 0 Å². The fourth-order valence-corrected chi connectivity index (χ4v) is 4.92. The molecule has 0 N–H and O–H groups in total. The molecule has 7 heteroatoms. The van der Waals surface area contributed by atoms with Crippen LogP contribution in [-0.2, 0) is 19.6 Å². The molecular weight excluding hydrogens is 328 g/mol. The van der Waals surface area contributed by atoms with E-state index in [1.54, 1.807) is 12.1 Å². The lowest BCUT2D eigenvalue weighted by atomic mass is 10.1. The van der Waals surface area contributed by atoms with Crippen molar-refractivity contribution in [1.29, 1.82) is 0 Å². The van der Waals surface area contributed by atoms with Crippen LogP contribution in [0.1, 0.15) is 36.8 Å². The number of imide groups is 1. The quantitative estimate of drug-likeness (QED) is 0.776. The van der Waals surface area contributed by atoms with Crippen LogP contribution in [0.15, 0.2) is 23.1 Å². The summed E-state index contributed by atoms with van der Waals surface area (Å²) in [5.74, 6) is -0.258. The van der Waals surface area contributed by atoms with Gasteiger partial charge in [-0.15, -0.1) is 0 Å². The van der Waals surface area contributed by atoms with Crippen LogP contribution in [0.5, 0.6) is 0 Å². The van der Waals surface area contributed by atoms with Gasteiger partial charge in [0.15, 0.2) is 0 Å². The van der Waals surface area contributed by atoms with Crippen LogP contribution in [-0.4, -0.2) is 48.6 Å². The minimum absolute atomic E-state index is 0.129. The van der Waals surface area contributed by atoms with Crippen LogP contribution in [0.2, 0.25) is 0 Å². The van der Waals surface area contributed by atoms with E-state index in [0.29, 0.717) is 30.8 Å². The van der Waals surface area contributed by atoms with Gasteiger partial charge in [-0.05, 0) is 49.9 Å². The zero-order valence-electron chi connectivity index (χ0n) is 14.0. The molecule has 24 heavy (non-hydrogen) atoms. The van der Waals surface area contributed by atoms with Gasteiger partial charge in [0.1, 0.15) is 0 Å². The molecule has 1 aromatic carbocycles. The zero-order chi connectivity index (χ0) is 17.5. The van der Waals surface area contributed by atoms with Gasteiger partial charge in [0.05, 0.1) is 4.90 Å². The maximum atomic E-state index is 12.8. The molecule has 0 atom stereocenters. The van der Waals surface area contributed by atoms with Gasteiger partial charge in [0, 0.05) is 32.0 Å². The largest absolute Gasteiger partial charge is 0.279 e. The van der Waals surface area contributed by atoms with Crippen LogP contribution in [0, 0.1) is 13.8 Å². The maximum absolute atomic E-state index is 12.8.